The molecule has 116 valence electrons. The summed E-state index contributed by atoms with van der Waals surface area (Å²) >= 11 is 0. The van der Waals surface area contributed by atoms with Gasteiger partial charge in [0.15, 0.2) is 5.03 Å². The highest BCUT2D eigenvalue weighted by Gasteiger charge is 2.32. The molecule has 0 aromatic carbocycles. The highest BCUT2D eigenvalue weighted by Crippen LogP contribution is 2.25. The summed E-state index contributed by atoms with van der Waals surface area (Å²) in [7, 11) is -3.42. The SMILES string of the molecule is CCC1CCN(S(=O)(=O)c2ccc(CNC3CC3)cn2)C1. The third-order valence-corrected chi connectivity index (χ3v) is 6.18. The third-order valence-electron chi connectivity index (χ3n) is 4.40. The fourth-order valence-corrected chi connectivity index (χ4v) is 4.14. The summed E-state index contributed by atoms with van der Waals surface area (Å²) in [6.45, 7) is 4.12. The van der Waals surface area contributed by atoms with E-state index < -0.39 is 10.0 Å². The molecule has 1 N–H and O–H groups in total. The van der Waals surface area contributed by atoms with Gasteiger partial charge < -0.3 is 5.32 Å². The van der Waals surface area contributed by atoms with Crippen LogP contribution in [0.3, 0.4) is 0 Å². The van der Waals surface area contributed by atoms with Crippen LogP contribution in [0.4, 0.5) is 0 Å². The molecule has 1 unspecified atom stereocenters. The van der Waals surface area contributed by atoms with E-state index in [1.807, 2.05) is 6.07 Å². The minimum Gasteiger partial charge on any atom is -0.310 e. The molecule has 2 heterocycles. The molecule has 1 aromatic heterocycles. The Labute approximate surface area is 126 Å². The predicted molar refractivity (Wildman–Crippen MR) is 81.3 cm³/mol. The molecule has 3 rings (SSSR count). The number of aromatic nitrogens is 1. The van der Waals surface area contributed by atoms with E-state index in [1.165, 1.54) is 12.8 Å². The second-order valence-electron chi connectivity index (χ2n) is 6.09. The van der Waals surface area contributed by atoms with Crippen LogP contribution in [-0.4, -0.2) is 36.8 Å². The molecule has 1 aliphatic heterocycles. The first-order valence-corrected chi connectivity index (χ1v) is 9.22. The average Bonchev–Trinajstić information content (AvgIpc) is 3.19. The van der Waals surface area contributed by atoms with Crippen molar-refractivity contribution >= 4 is 10.0 Å². The summed E-state index contributed by atoms with van der Waals surface area (Å²) in [6.07, 6.45) is 6.15. The molecule has 6 heteroatoms. The lowest BCUT2D eigenvalue weighted by atomic mass is 10.1. The molecular formula is C15H23N3O2S. The highest BCUT2D eigenvalue weighted by molar-refractivity contribution is 7.89. The first kappa shape index (κ1) is 14.9. The molecule has 0 bridgehead atoms. The minimum absolute atomic E-state index is 0.175. The van der Waals surface area contributed by atoms with Crippen LogP contribution in [0.2, 0.25) is 0 Å². The van der Waals surface area contributed by atoms with Gasteiger partial charge in [-0.2, -0.15) is 4.31 Å². The molecule has 1 aromatic rings. The van der Waals surface area contributed by atoms with Crippen LogP contribution in [0.15, 0.2) is 23.4 Å². The lowest BCUT2D eigenvalue weighted by Gasteiger charge is -2.15. The van der Waals surface area contributed by atoms with Crippen LogP contribution >= 0.6 is 0 Å². The first-order valence-electron chi connectivity index (χ1n) is 7.78. The Morgan fingerprint density at radius 1 is 1.33 bits per heavy atom. The van der Waals surface area contributed by atoms with E-state index in [0.29, 0.717) is 25.0 Å². The number of nitrogens with one attached hydrogen (secondary N) is 1. The summed E-state index contributed by atoms with van der Waals surface area (Å²) in [5, 5.41) is 3.58. The number of hydrogen-bond donors (Lipinski definition) is 1. The normalized spacial score (nSPS) is 23.6. The van der Waals surface area contributed by atoms with Crippen molar-refractivity contribution in [2.24, 2.45) is 5.92 Å². The van der Waals surface area contributed by atoms with E-state index in [4.69, 9.17) is 0 Å². The summed E-state index contributed by atoms with van der Waals surface area (Å²) in [5.74, 6) is 0.488. The molecule has 1 aliphatic carbocycles. The van der Waals surface area contributed by atoms with Gasteiger partial charge in [0.2, 0.25) is 0 Å². The van der Waals surface area contributed by atoms with Gasteiger partial charge in [-0.3, -0.25) is 0 Å². The molecule has 1 atom stereocenters. The maximum Gasteiger partial charge on any atom is 0.260 e. The molecule has 21 heavy (non-hydrogen) atoms. The van der Waals surface area contributed by atoms with E-state index in [-0.39, 0.29) is 5.03 Å². The molecule has 1 saturated heterocycles. The van der Waals surface area contributed by atoms with Crippen LogP contribution in [0.1, 0.15) is 38.2 Å². The number of nitrogens with zero attached hydrogens (tertiary/aromatic N) is 2. The predicted octanol–water partition coefficient (Wildman–Crippen LogP) is 1.75. The van der Waals surface area contributed by atoms with Gasteiger partial charge in [-0.05, 0) is 36.8 Å². The molecule has 2 fully saturated rings. The summed E-state index contributed by atoms with van der Waals surface area (Å²) in [5.41, 5.74) is 1.04. The summed E-state index contributed by atoms with van der Waals surface area (Å²) in [4.78, 5) is 4.17. The lowest BCUT2D eigenvalue weighted by molar-refractivity contribution is 0.450. The molecule has 5 nitrogen and oxygen atoms in total. The van der Waals surface area contributed by atoms with Crippen molar-refractivity contribution in [1.29, 1.82) is 0 Å². The first-order chi connectivity index (χ1) is 10.1. The highest BCUT2D eigenvalue weighted by atomic mass is 32.2. The Bertz CT molecular complexity index is 581. The number of sulfonamides is 1. The smallest absolute Gasteiger partial charge is 0.260 e. The Balaban J connectivity index is 1.67. The van der Waals surface area contributed by atoms with Gasteiger partial charge in [-0.15, -0.1) is 0 Å². The maximum absolute atomic E-state index is 12.5. The average molecular weight is 309 g/mol. The van der Waals surface area contributed by atoms with Crippen molar-refractivity contribution in [3.63, 3.8) is 0 Å². The van der Waals surface area contributed by atoms with Crippen molar-refractivity contribution in [3.05, 3.63) is 23.9 Å². The zero-order chi connectivity index (χ0) is 14.9. The van der Waals surface area contributed by atoms with Crippen molar-refractivity contribution in [1.82, 2.24) is 14.6 Å². The largest absolute Gasteiger partial charge is 0.310 e. The fourth-order valence-electron chi connectivity index (χ4n) is 2.70. The number of hydrogen-bond acceptors (Lipinski definition) is 4. The quantitative estimate of drug-likeness (QED) is 0.869. The number of pyridine rings is 1. The van der Waals surface area contributed by atoms with Gasteiger partial charge in [-0.25, -0.2) is 13.4 Å². The van der Waals surface area contributed by atoms with Crippen LogP contribution in [0.25, 0.3) is 0 Å². The third kappa shape index (κ3) is 3.44. The van der Waals surface area contributed by atoms with Gasteiger partial charge in [0.1, 0.15) is 0 Å². The minimum atomic E-state index is -3.42. The van der Waals surface area contributed by atoms with Crippen LogP contribution < -0.4 is 5.32 Å². The second-order valence-corrected chi connectivity index (χ2v) is 7.97. The maximum atomic E-state index is 12.5. The second kappa shape index (κ2) is 6.02. The van der Waals surface area contributed by atoms with Gasteiger partial charge in [-0.1, -0.05) is 19.4 Å². The summed E-state index contributed by atoms with van der Waals surface area (Å²) < 4.78 is 26.6. The Morgan fingerprint density at radius 2 is 2.14 bits per heavy atom. The molecule has 0 spiro atoms. The van der Waals surface area contributed by atoms with E-state index >= 15 is 0 Å². The van der Waals surface area contributed by atoms with E-state index in [9.17, 15) is 8.42 Å². The van der Waals surface area contributed by atoms with E-state index in [1.54, 1.807) is 16.6 Å². The zero-order valence-corrected chi connectivity index (χ0v) is 13.3. The van der Waals surface area contributed by atoms with Gasteiger partial charge >= 0.3 is 0 Å². The fraction of sp³-hybridized carbons (Fsp3) is 0.667. The topological polar surface area (TPSA) is 62.3 Å². The van der Waals surface area contributed by atoms with Crippen molar-refractivity contribution in [3.8, 4) is 0 Å². The van der Waals surface area contributed by atoms with Crippen LogP contribution in [-0.2, 0) is 16.6 Å². The van der Waals surface area contributed by atoms with E-state index in [0.717, 1.165) is 24.9 Å². The van der Waals surface area contributed by atoms with Gasteiger partial charge in [0, 0.05) is 31.9 Å². The lowest BCUT2D eigenvalue weighted by Crippen LogP contribution is -2.29. The van der Waals surface area contributed by atoms with Crippen molar-refractivity contribution in [2.75, 3.05) is 13.1 Å². The van der Waals surface area contributed by atoms with Gasteiger partial charge in [0.05, 0.1) is 0 Å². The van der Waals surface area contributed by atoms with E-state index in [2.05, 4.69) is 17.2 Å². The molecule has 1 saturated carbocycles. The molecular weight excluding hydrogens is 286 g/mol. The van der Waals surface area contributed by atoms with Gasteiger partial charge in [0.25, 0.3) is 10.0 Å². The Hall–Kier alpha value is -0.980. The van der Waals surface area contributed by atoms with Crippen LogP contribution in [0, 0.1) is 5.92 Å². The van der Waals surface area contributed by atoms with Crippen molar-refractivity contribution in [2.45, 2.75) is 50.2 Å². The monoisotopic (exact) mass is 309 g/mol. The van der Waals surface area contributed by atoms with Crippen LogP contribution in [0.5, 0.6) is 0 Å². The molecule has 0 radical (unpaired) electrons. The Morgan fingerprint density at radius 3 is 2.71 bits per heavy atom. The number of rotatable bonds is 6. The molecule has 0 amide bonds. The standard InChI is InChI=1S/C15H23N3O2S/c1-2-12-7-8-18(11-12)21(19,20)15-6-3-13(10-17-15)9-16-14-4-5-14/h3,6,10,12,14,16H,2,4-5,7-9,11H2,1H3. The Kier molecular flexibility index (Phi) is 4.28. The van der Waals surface area contributed by atoms with Crippen molar-refractivity contribution < 1.29 is 8.42 Å². The molecule has 2 aliphatic rings. The summed E-state index contributed by atoms with van der Waals surface area (Å²) in [6, 6.07) is 4.14. The zero-order valence-electron chi connectivity index (χ0n) is 12.5.